The first-order chi connectivity index (χ1) is 9.25. The van der Waals surface area contributed by atoms with Crippen molar-refractivity contribution in [1.82, 2.24) is 15.1 Å². The van der Waals surface area contributed by atoms with Crippen LogP contribution in [0.2, 0.25) is 0 Å². The summed E-state index contributed by atoms with van der Waals surface area (Å²) in [5, 5.41) is 8.50. The topological polar surface area (TPSA) is 29.9 Å². The van der Waals surface area contributed by atoms with Crippen LogP contribution < -0.4 is 5.32 Å². The summed E-state index contributed by atoms with van der Waals surface area (Å²) in [5.41, 5.74) is 1.55. The summed E-state index contributed by atoms with van der Waals surface area (Å²) in [7, 11) is 0. The van der Waals surface area contributed by atoms with Crippen molar-refractivity contribution in [2.45, 2.75) is 82.8 Å². The molecule has 106 valence electrons. The molecule has 3 nitrogen and oxygen atoms in total. The van der Waals surface area contributed by atoms with Crippen molar-refractivity contribution in [3.8, 4) is 0 Å². The van der Waals surface area contributed by atoms with Gasteiger partial charge >= 0.3 is 0 Å². The zero-order chi connectivity index (χ0) is 13.1. The van der Waals surface area contributed by atoms with Crippen LogP contribution >= 0.6 is 0 Å². The lowest BCUT2D eigenvalue weighted by Gasteiger charge is -2.34. The first kappa shape index (κ1) is 13.2. The maximum Gasteiger partial charge on any atom is 0.0762 e. The molecule has 0 saturated heterocycles. The molecule has 0 spiro atoms. The largest absolute Gasteiger partial charge is 0.306 e. The van der Waals surface area contributed by atoms with E-state index in [0.717, 1.165) is 6.54 Å². The molecule has 0 amide bonds. The highest BCUT2D eigenvalue weighted by molar-refractivity contribution is 5.01. The Bertz CT molecular complexity index is 398. The molecule has 2 fully saturated rings. The van der Waals surface area contributed by atoms with Crippen LogP contribution in [0.15, 0.2) is 12.3 Å². The predicted molar refractivity (Wildman–Crippen MR) is 78.1 cm³/mol. The molecule has 0 radical (unpaired) electrons. The molecule has 1 aromatic rings. The summed E-state index contributed by atoms with van der Waals surface area (Å²) >= 11 is 0. The van der Waals surface area contributed by atoms with Crippen molar-refractivity contribution in [1.29, 1.82) is 0 Å². The molecule has 2 aliphatic rings. The van der Waals surface area contributed by atoms with Gasteiger partial charge in [0.05, 0.1) is 11.7 Å². The first-order valence-electron chi connectivity index (χ1n) is 8.04. The van der Waals surface area contributed by atoms with Gasteiger partial charge in [0, 0.05) is 18.3 Å². The Labute approximate surface area is 116 Å². The van der Waals surface area contributed by atoms with Gasteiger partial charge in [-0.05, 0) is 38.7 Å². The summed E-state index contributed by atoms with van der Waals surface area (Å²) in [6, 6.07) is 2.86. The Kier molecular flexibility index (Phi) is 3.92. The fraction of sp³-hybridized carbons (Fsp3) is 0.812. The van der Waals surface area contributed by atoms with Crippen molar-refractivity contribution < 1.29 is 0 Å². The Hall–Kier alpha value is -0.830. The van der Waals surface area contributed by atoms with E-state index in [1.807, 2.05) is 0 Å². The van der Waals surface area contributed by atoms with Crippen molar-refractivity contribution in [2.75, 3.05) is 0 Å². The normalized spacial score (nSPS) is 23.8. The van der Waals surface area contributed by atoms with Crippen LogP contribution in [-0.2, 0) is 6.54 Å². The zero-order valence-corrected chi connectivity index (χ0v) is 12.2. The van der Waals surface area contributed by atoms with Gasteiger partial charge in [0.2, 0.25) is 0 Å². The van der Waals surface area contributed by atoms with Gasteiger partial charge in [-0.2, -0.15) is 5.10 Å². The highest BCUT2D eigenvalue weighted by Gasteiger charge is 2.26. The van der Waals surface area contributed by atoms with Crippen LogP contribution in [0.25, 0.3) is 0 Å². The van der Waals surface area contributed by atoms with Crippen LogP contribution in [0.3, 0.4) is 0 Å². The minimum absolute atomic E-state index is 0.343. The molecule has 3 heteroatoms. The van der Waals surface area contributed by atoms with Gasteiger partial charge in [0.15, 0.2) is 0 Å². The Morgan fingerprint density at radius 2 is 1.95 bits per heavy atom. The molecule has 0 unspecified atom stereocenters. The zero-order valence-electron chi connectivity index (χ0n) is 12.2. The molecule has 1 aromatic heterocycles. The molecule has 0 bridgehead atoms. The van der Waals surface area contributed by atoms with Crippen LogP contribution in [0, 0.1) is 0 Å². The van der Waals surface area contributed by atoms with Gasteiger partial charge in [-0.15, -0.1) is 0 Å². The lowest BCUT2D eigenvalue weighted by atomic mass is 9.83. The van der Waals surface area contributed by atoms with E-state index in [4.69, 9.17) is 5.10 Å². The van der Waals surface area contributed by atoms with Crippen LogP contribution in [0.4, 0.5) is 0 Å². The third kappa shape index (κ3) is 3.19. The van der Waals surface area contributed by atoms with Crippen LogP contribution in [-0.4, -0.2) is 15.3 Å². The smallest absolute Gasteiger partial charge is 0.0762 e. The number of hydrogen-bond donors (Lipinski definition) is 1. The summed E-state index contributed by atoms with van der Waals surface area (Å²) < 4.78 is 2.20. The van der Waals surface area contributed by atoms with Crippen LogP contribution in [0.5, 0.6) is 0 Å². The number of nitrogens with zero attached hydrogens (tertiary/aromatic N) is 2. The van der Waals surface area contributed by atoms with Crippen molar-refractivity contribution >= 4 is 0 Å². The number of aromatic nitrogens is 2. The summed E-state index contributed by atoms with van der Waals surface area (Å²) in [6.45, 7) is 3.30. The number of hydrogen-bond acceptors (Lipinski definition) is 2. The quantitative estimate of drug-likeness (QED) is 0.893. The Balaban J connectivity index is 1.55. The second-order valence-corrected chi connectivity index (χ2v) is 6.70. The second-order valence-electron chi connectivity index (χ2n) is 6.70. The average molecular weight is 261 g/mol. The van der Waals surface area contributed by atoms with E-state index >= 15 is 0 Å². The fourth-order valence-electron chi connectivity index (χ4n) is 3.66. The monoisotopic (exact) mass is 261 g/mol. The Morgan fingerprint density at radius 1 is 1.21 bits per heavy atom. The second kappa shape index (κ2) is 5.66. The molecule has 2 saturated carbocycles. The molecule has 1 N–H and O–H groups in total. The van der Waals surface area contributed by atoms with E-state index in [9.17, 15) is 0 Å². The van der Waals surface area contributed by atoms with E-state index in [0.29, 0.717) is 11.6 Å². The van der Waals surface area contributed by atoms with Crippen molar-refractivity contribution in [3.63, 3.8) is 0 Å². The summed E-state index contributed by atoms with van der Waals surface area (Å²) in [6.07, 6.45) is 14.3. The van der Waals surface area contributed by atoms with Crippen molar-refractivity contribution in [2.24, 2.45) is 0 Å². The molecule has 1 heterocycles. The number of nitrogens with one attached hydrogen (secondary N) is 1. The van der Waals surface area contributed by atoms with Gasteiger partial charge in [0.1, 0.15) is 0 Å². The standard InChI is InChI=1S/C16H27N3/c1-16(10-5-2-6-11-16)17-13-14-9-12-19(18-14)15-7-3-4-8-15/h9,12,15,17H,2-8,10-11,13H2,1H3. The molecule has 2 aliphatic carbocycles. The minimum atomic E-state index is 0.343. The minimum Gasteiger partial charge on any atom is -0.306 e. The molecule has 0 aliphatic heterocycles. The van der Waals surface area contributed by atoms with Gasteiger partial charge < -0.3 is 5.32 Å². The summed E-state index contributed by atoms with van der Waals surface area (Å²) in [5.74, 6) is 0. The van der Waals surface area contributed by atoms with Gasteiger partial charge in [0.25, 0.3) is 0 Å². The lowest BCUT2D eigenvalue weighted by molar-refractivity contribution is 0.251. The van der Waals surface area contributed by atoms with Gasteiger partial charge in [-0.3, -0.25) is 4.68 Å². The first-order valence-corrected chi connectivity index (χ1v) is 8.04. The molecule has 3 rings (SSSR count). The Morgan fingerprint density at radius 3 is 2.68 bits per heavy atom. The molecular formula is C16H27N3. The fourth-order valence-corrected chi connectivity index (χ4v) is 3.66. The molecule has 19 heavy (non-hydrogen) atoms. The molecular weight excluding hydrogens is 234 g/mol. The maximum absolute atomic E-state index is 4.76. The van der Waals surface area contributed by atoms with E-state index in [2.05, 4.69) is 29.2 Å². The molecule has 0 atom stereocenters. The average Bonchev–Trinajstić information content (AvgIpc) is 3.08. The highest BCUT2D eigenvalue weighted by atomic mass is 15.3. The third-order valence-electron chi connectivity index (χ3n) is 5.02. The SMILES string of the molecule is CC1(NCc2ccn(C3CCCC3)n2)CCCCC1. The highest BCUT2D eigenvalue weighted by Crippen LogP contribution is 2.29. The third-order valence-corrected chi connectivity index (χ3v) is 5.02. The van der Waals surface area contributed by atoms with E-state index < -0.39 is 0 Å². The van der Waals surface area contributed by atoms with E-state index in [1.54, 1.807) is 0 Å². The van der Waals surface area contributed by atoms with Crippen LogP contribution in [0.1, 0.15) is 76.4 Å². The molecule has 0 aromatic carbocycles. The number of rotatable bonds is 4. The van der Waals surface area contributed by atoms with Crippen molar-refractivity contribution in [3.05, 3.63) is 18.0 Å². The van der Waals surface area contributed by atoms with E-state index in [1.165, 1.54) is 63.5 Å². The van der Waals surface area contributed by atoms with Gasteiger partial charge in [-0.1, -0.05) is 32.1 Å². The van der Waals surface area contributed by atoms with E-state index in [-0.39, 0.29) is 0 Å². The lowest BCUT2D eigenvalue weighted by Crippen LogP contribution is -2.43. The summed E-state index contributed by atoms with van der Waals surface area (Å²) in [4.78, 5) is 0. The van der Waals surface area contributed by atoms with Gasteiger partial charge in [-0.25, -0.2) is 0 Å². The predicted octanol–water partition coefficient (Wildman–Crippen LogP) is 3.81. The maximum atomic E-state index is 4.76.